The number of carbonyl (C=O) groups excluding carboxylic acids is 2. The van der Waals surface area contributed by atoms with Crippen LogP contribution in [-0.4, -0.2) is 52.2 Å². The van der Waals surface area contributed by atoms with Crippen LogP contribution in [0.3, 0.4) is 0 Å². The predicted molar refractivity (Wildman–Crippen MR) is 128 cm³/mol. The zero-order valence-electron chi connectivity index (χ0n) is 18.2. The normalized spacial score (nSPS) is 14.4. The molecule has 0 bridgehead atoms. The molecule has 1 fully saturated rings. The number of piperidine rings is 1. The first kappa shape index (κ1) is 22.3. The number of nitrogens with zero attached hydrogens (tertiary/aromatic N) is 4. The summed E-state index contributed by atoms with van der Waals surface area (Å²) in [6.07, 6.45) is 1.56. The summed E-state index contributed by atoms with van der Waals surface area (Å²) in [4.78, 5) is 31.9. The second-order valence-electron chi connectivity index (χ2n) is 7.91. The average molecular weight is 498 g/mol. The predicted octanol–water partition coefficient (Wildman–Crippen LogP) is 4.61. The number of aromatic nitrogens is 3. The molecule has 1 aliphatic rings. The van der Waals surface area contributed by atoms with Gasteiger partial charge in [0.25, 0.3) is 11.8 Å². The van der Waals surface area contributed by atoms with Crippen molar-refractivity contribution in [3.8, 4) is 5.75 Å². The maximum absolute atomic E-state index is 12.9. The molecule has 0 spiro atoms. The Balaban J connectivity index is 1.19. The molecule has 0 aliphatic carbocycles. The number of fused-ring (bicyclic) bond motifs is 1. The van der Waals surface area contributed by atoms with Crippen LogP contribution in [-0.2, 0) is 0 Å². The number of ether oxygens (including phenoxy) is 1. The van der Waals surface area contributed by atoms with E-state index in [0.29, 0.717) is 51.8 Å². The Morgan fingerprint density at radius 2 is 1.94 bits per heavy atom. The van der Waals surface area contributed by atoms with Crippen LogP contribution >= 0.6 is 22.9 Å². The number of methoxy groups -OCH3 is 1. The molecule has 5 rings (SSSR count). The molecule has 34 heavy (non-hydrogen) atoms. The third-order valence-electron chi connectivity index (χ3n) is 5.80. The first-order valence-electron chi connectivity index (χ1n) is 10.6. The molecule has 3 heterocycles. The topological polar surface area (TPSA) is 110 Å². The number of hydrogen-bond donors (Lipinski definition) is 1. The molecule has 2 aromatic heterocycles. The van der Waals surface area contributed by atoms with Gasteiger partial charge in [0.15, 0.2) is 0 Å². The van der Waals surface area contributed by atoms with Crippen LogP contribution in [0.2, 0.25) is 5.02 Å². The van der Waals surface area contributed by atoms with Crippen molar-refractivity contribution in [2.75, 3.05) is 25.5 Å². The zero-order chi connectivity index (χ0) is 23.7. The molecular formula is C23H20ClN5O4S. The fourth-order valence-corrected chi connectivity index (χ4v) is 5.17. The summed E-state index contributed by atoms with van der Waals surface area (Å²) in [5.41, 5.74) is 2.67. The Bertz CT molecular complexity index is 1360. The Kier molecular flexibility index (Phi) is 6.16. The van der Waals surface area contributed by atoms with Crippen molar-refractivity contribution in [1.29, 1.82) is 0 Å². The maximum atomic E-state index is 12.9. The maximum Gasteiger partial charge on any atom is 0.275 e. The fourth-order valence-electron chi connectivity index (χ4n) is 3.95. The second-order valence-corrected chi connectivity index (χ2v) is 9.21. The van der Waals surface area contributed by atoms with Crippen LogP contribution in [0.25, 0.3) is 11.0 Å². The number of anilines is 1. The SMILES string of the molecule is COc1ccc(NC(=O)c2csc(C3CCN(C(=O)c4ccc5nonc5c4)CC3)n2)cc1Cl. The van der Waals surface area contributed by atoms with Gasteiger partial charge in [-0.25, -0.2) is 9.61 Å². The summed E-state index contributed by atoms with van der Waals surface area (Å²) in [6.45, 7) is 1.23. The van der Waals surface area contributed by atoms with E-state index in [9.17, 15) is 9.59 Å². The van der Waals surface area contributed by atoms with Gasteiger partial charge in [0.2, 0.25) is 0 Å². The van der Waals surface area contributed by atoms with Gasteiger partial charge in [0.05, 0.1) is 17.1 Å². The number of nitrogens with one attached hydrogen (secondary N) is 1. The molecule has 2 aromatic carbocycles. The lowest BCUT2D eigenvalue weighted by Crippen LogP contribution is -2.37. The van der Waals surface area contributed by atoms with E-state index in [4.69, 9.17) is 21.0 Å². The van der Waals surface area contributed by atoms with Crippen molar-refractivity contribution in [3.63, 3.8) is 0 Å². The Hall–Kier alpha value is -3.50. The first-order valence-corrected chi connectivity index (χ1v) is 11.9. The lowest BCUT2D eigenvalue weighted by Gasteiger charge is -2.31. The van der Waals surface area contributed by atoms with Crippen molar-refractivity contribution in [1.82, 2.24) is 20.2 Å². The molecule has 11 heteroatoms. The fraction of sp³-hybridized carbons (Fsp3) is 0.261. The highest BCUT2D eigenvalue weighted by Gasteiger charge is 2.27. The molecule has 0 atom stereocenters. The van der Waals surface area contributed by atoms with Gasteiger partial charge in [0.1, 0.15) is 22.5 Å². The van der Waals surface area contributed by atoms with E-state index >= 15 is 0 Å². The quantitative estimate of drug-likeness (QED) is 0.428. The van der Waals surface area contributed by atoms with E-state index in [1.54, 1.807) is 41.8 Å². The summed E-state index contributed by atoms with van der Waals surface area (Å²) in [5.74, 6) is 0.402. The molecule has 9 nitrogen and oxygen atoms in total. The van der Waals surface area contributed by atoms with Gasteiger partial charge in [-0.2, -0.15) is 0 Å². The molecule has 0 radical (unpaired) electrons. The van der Waals surface area contributed by atoms with Crippen LogP contribution in [0.5, 0.6) is 5.75 Å². The van der Waals surface area contributed by atoms with Crippen LogP contribution in [0.1, 0.15) is 44.6 Å². The van der Waals surface area contributed by atoms with Gasteiger partial charge in [-0.3, -0.25) is 9.59 Å². The van der Waals surface area contributed by atoms with Crippen molar-refractivity contribution in [2.24, 2.45) is 0 Å². The number of carbonyl (C=O) groups is 2. The number of likely N-dealkylation sites (tertiary alicyclic amines) is 1. The van der Waals surface area contributed by atoms with Crippen LogP contribution in [0.4, 0.5) is 5.69 Å². The van der Waals surface area contributed by atoms with E-state index in [1.807, 2.05) is 4.90 Å². The first-order chi connectivity index (χ1) is 16.5. The zero-order valence-corrected chi connectivity index (χ0v) is 19.7. The van der Waals surface area contributed by atoms with Crippen molar-refractivity contribution in [3.05, 3.63) is 63.1 Å². The van der Waals surface area contributed by atoms with Gasteiger partial charge >= 0.3 is 0 Å². The summed E-state index contributed by atoms with van der Waals surface area (Å²) in [6, 6.07) is 10.2. The summed E-state index contributed by atoms with van der Waals surface area (Å²) in [5, 5.41) is 13.5. The molecule has 0 saturated carbocycles. The van der Waals surface area contributed by atoms with Gasteiger partial charge in [-0.05, 0) is 59.6 Å². The van der Waals surface area contributed by atoms with E-state index < -0.39 is 0 Å². The van der Waals surface area contributed by atoms with Crippen LogP contribution in [0.15, 0.2) is 46.4 Å². The van der Waals surface area contributed by atoms with Gasteiger partial charge in [-0.1, -0.05) is 11.6 Å². The number of benzene rings is 2. The standard InChI is InChI=1S/C23H20ClN5O4S/c1-32-20-5-3-15(11-16(20)24)25-21(30)19-12-34-22(26-19)13-6-8-29(9-7-13)23(31)14-2-4-17-18(10-14)28-33-27-17/h2-5,10-13H,6-9H2,1H3,(H,25,30). The molecule has 174 valence electrons. The minimum atomic E-state index is -0.297. The molecule has 0 unspecified atom stereocenters. The Morgan fingerprint density at radius 3 is 2.71 bits per heavy atom. The van der Waals surface area contributed by atoms with E-state index in [0.717, 1.165) is 17.8 Å². The average Bonchev–Trinajstić information content (AvgIpc) is 3.53. The third kappa shape index (κ3) is 4.46. The lowest BCUT2D eigenvalue weighted by molar-refractivity contribution is 0.0713. The monoisotopic (exact) mass is 497 g/mol. The number of amides is 2. The molecule has 1 aliphatic heterocycles. The minimum absolute atomic E-state index is 0.0410. The van der Waals surface area contributed by atoms with Crippen LogP contribution < -0.4 is 10.1 Å². The molecule has 1 N–H and O–H groups in total. The Labute approximate surface area is 203 Å². The van der Waals surface area contributed by atoms with Crippen molar-refractivity contribution < 1.29 is 19.0 Å². The number of halogens is 1. The number of rotatable bonds is 5. The van der Waals surface area contributed by atoms with E-state index in [-0.39, 0.29) is 17.7 Å². The minimum Gasteiger partial charge on any atom is -0.495 e. The summed E-state index contributed by atoms with van der Waals surface area (Å²) < 4.78 is 9.84. The van der Waals surface area contributed by atoms with Crippen molar-refractivity contribution in [2.45, 2.75) is 18.8 Å². The highest BCUT2D eigenvalue weighted by Crippen LogP contribution is 2.32. The molecule has 2 amide bonds. The number of hydrogen-bond acceptors (Lipinski definition) is 8. The molecular weight excluding hydrogens is 478 g/mol. The summed E-state index contributed by atoms with van der Waals surface area (Å²) >= 11 is 7.60. The largest absolute Gasteiger partial charge is 0.495 e. The van der Waals surface area contributed by atoms with Gasteiger partial charge < -0.3 is 15.0 Å². The van der Waals surface area contributed by atoms with E-state index in [1.165, 1.54) is 18.4 Å². The second kappa shape index (κ2) is 9.40. The van der Waals surface area contributed by atoms with E-state index in [2.05, 4.69) is 20.6 Å². The lowest BCUT2D eigenvalue weighted by atomic mass is 9.97. The molecule has 1 saturated heterocycles. The molecule has 4 aromatic rings. The van der Waals surface area contributed by atoms with Crippen molar-refractivity contribution >= 4 is 51.5 Å². The highest BCUT2D eigenvalue weighted by atomic mass is 35.5. The van der Waals surface area contributed by atoms with Gasteiger partial charge in [0, 0.05) is 35.6 Å². The highest BCUT2D eigenvalue weighted by molar-refractivity contribution is 7.10. The number of thiazole rings is 1. The summed E-state index contributed by atoms with van der Waals surface area (Å²) in [7, 11) is 1.53. The smallest absolute Gasteiger partial charge is 0.275 e. The van der Waals surface area contributed by atoms with Crippen LogP contribution in [0, 0.1) is 0 Å². The Morgan fingerprint density at radius 1 is 1.15 bits per heavy atom. The third-order valence-corrected chi connectivity index (χ3v) is 7.10. The van der Waals surface area contributed by atoms with Gasteiger partial charge in [-0.15, -0.1) is 11.3 Å².